The lowest BCUT2D eigenvalue weighted by molar-refractivity contribution is 0.410. The number of hydrogen-bond acceptors (Lipinski definition) is 4. The molecule has 2 heterocycles. The zero-order valence-electron chi connectivity index (χ0n) is 9.80. The molecule has 0 saturated heterocycles. The van der Waals surface area contributed by atoms with E-state index in [1.165, 1.54) is 31.3 Å². The van der Waals surface area contributed by atoms with Crippen LogP contribution in [-0.4, -0.2) is 19.9 Å². The normalized spacial score (nSPS) is 15.6. The van der Waals surface area contributed by atoms with Crippen LogP contribution in [0.2, 0.25) is 0 Å². The third kappa shape index (κ3) is 2.02. The van der Waals surface area contributed by atoms with Crippen molar-refractivity contribution < 1.29 is 0 Å². The van der Waals surface area contributed by atoms with E-state index in [1.54, 1.807) is 12.4 Å². The molecule has 1 fully saturated rings. The molecule has 2 aromatic heterocycles. The van der Waals surface area contributed by atoms with E-state index in [2.05, 4.69) is 26.0 Å². The van der Waals surface area contributed by atoms with Crippen LogP contribution < -0.4 is 0 Å². The zero-order valence-corrected chi connectivity index (χ0v) is 9.80. The van der Waals surface area contributed by atoms with Crippen LogP contribution in [0.5, 0.6) is 0 Å². The van der Waals surface area contributed by atoms with Gasteiger partial charge in [0.25, 0.3) is 0 Å². The molecule has 0 atom stereocenters. The van der Waals surface area contributed by atoms with Gasteiger partial charge >= 0.3 is 0 Å². The van der Waals surface area contributed by atoms with Crippen LogP contribution in [0.1, 0.15) is 36.6 Å². The third-order valence-corrected chi connectivity index (χ3v) is 3.22. The number of nitrogens with zero attached hydrogens (tertiary/aromatic N) is 4. The topological polar surface area (TPSA) is 51.6 Å². The van der Waals surface area contributed by atoms with Crippen LogP contribution in [0.3, 0.4) is 0 Å². The van der Waals surface area contributed by atoms with Gasteiger partial charge in [-0.3, -0.25) is 0 Å². The molecule has 3 rings (SSSR count). The molecule has 0 unspecified atom stereocenters. The van der Waals surface area contributed by atoms with Crippen LogP contribution in [0, 0.1) is 6.92 Å². The maximum Gasteiger partial charge on any atom is 0.162 e. The molecule has 4 heteroatoms. The Labute approximate surface area is 100 Å². The summed E-state index contributed by atoms with van der Waals surface area (Å²) in [6.45, 7) is 2.01. The molecule has 1 saturated carbocycles. The lowest BCUT2D eigenvalue weighted by atomic mass is 9.82. The van der Waals surface area contributed by atoms with Crippen LogP contribution in [0.4, 0.5) is 0 Å². The summed E-state index contributed by atoms with van der Waals surface area (Å²) in [5.41, 5.74) is 3.07. The van der Waals surface area contributed by atoms with Gasteiger partial charge in [0.15, 0.2) is 5.82 Å². The number of rotatable bonds is 2. The second-order valence-electron chi connectivity index (χ2n) is 4.51. The van der Waals surface area contributed by atoms with Crippen molar-refractivity contribution in [1.29, 1.82) is 0 Å². The molecule has 2 aromatic rings. The van der Waals surface area contributed by atoms with E-state index in [1.807, 2.05) is 6.92 Å². The Morgan fingerprint density at radius 1 is 1.12 bits per heavy atom. The molecule has 4 nitrogen and oxygen atoms in total. The fourth-order valence-electron chi connectivity index (χ4n) is 2.05. The minimum absolute atomic E-state index is 0.625. The second kappa shape index (κ2) is 4.20. The SMILES string of the molecule is Cc1cc(C2CCC2)nc(-c2cncnc2)n1. The molecule has 0 aromatic carbocycles. The lowest BCUT2D eigenvalue weighted by Gasteiger charge is -2.25. The lowest BCUT2D eigenvalue weighted by Crippen LogP contribution is -2.12. The highest BCUT2D eigenvalue weighted by Crippen LogP contribution is 2.35. The van der Waals surface area contributed by atoms with Crippen molar-refractivity contribution in [3.05, 3.63) is 36.2 Å². The molecule has 1 aliphatic carbocycles. The van der Waals surface area contributed by atoms with E-state index in [0.29, 0.717) is 5.92 Å². The highest BCUT2D eigenvalue weighted by Gasteiger charge is 2.21. The summed E-state index contributed by atoms with van der Waals surface area (Å²) in [5, 5.41) is 0. The highest BCUT2D eigenvalue weighted by atomic mass is 14.9. The maximum atomic E-state index is 4.63. The summed E-state index contributed by atoms with van der Waals surface area (Å²) in [6.07, 6.45) is 8.85. The zero-order chi connectivity index (χ0) is 11.7. The Balaban J connectivity index is 2.02. The van der Waals surface area contributed by atoms with Crippen LogP contribution >= 0.6 is 0 Å². The summed E-state index contributed by atoms with van der Waals surface area (Å²) >= 11 is 0. The Morgan fingerprint density at radius 2 is 1.88 bits per heavy atom. The van der Waals surface area contributed by atoms with Crippen molar-refractivity contribution in [3.8, 4) is 11.4 Å². The Morgan fingerprint density at radius 3 is 2.53 bits per heavy atom. The smallest absolute Gasteiger partial charge is 0.162 e. The first-order chi connectivity index (χ1) is 8.33. The predicted octanol–water partition coefficient (Wildman–Crippen LogP) is 2.51. The van der Waals surface area contributed by atoms with E-state index in [4.69, 9.17) is 0 Å². The minimum atomic E-state index is 0.625. The average molecular weight is 226 g/mol. The van der Waals surface area contributed by atoms with Crippen molar-refractivity contribution in [2.75, 3.05) is 0 Å². The second-order valence-corrected chi connectivity index (χ2v) is 4.51. The molecule has 1 aliphatic rings. The number of hydrogen-bond donors (Lipinski definition) is 0. The molecule has 0 amide bonds. The van der Waals surface area contributed by atoms with Gasteiger partial charge in [0.2, 0.25) is 0 Å². The van der Waals surface area contributed by atoms with Gasteiger partial charge in [0.05, 0.1) is 5.56 Å². The minimum Gasteiger partial charge on any atom is -0.244 e. The number of aromatic nitrogens is 4. The van der Waals surface area contributed by atoms with Crippen LogP contribution in [0.25, 0.3) is 11.4 Å². The van der Waals surface area contributed by atoms with Crippen LogP contribution in [-0.2, 0) is 0 Å². The van der Waals surface area contributed by atoms with Gasteiger partial charge in [-0.1, -0.05) is 6.42 Å². The first-order valence-corrected chi connectivity index (χ1v) is 5.94. The van der Waals surface area contributed by atoms with Gasteiger partial charge < -0.3 is 0 Å². The molecule has 0 radical (unpaired) electrons. The quantitative estimate of drug-likeness (QED) is 0.789. The Bertz CT molecular complexity index is 520. The molecule has 0 bridgehead atoms. The van der Waals surface area contributed by atoms with Gasteiger partial charge in [-0.2, -0.15) is 0 Å². The summed E-state index contributed by atoms with van der Waals surface area (Å²) < 4.78 is 0. The van der Waals surface area contributed by atoms with Gasteiger partial charge in [-0.05, 0) is 25.8 Å². The highest BCUT2D eigenvalue weighted by molar-refractivity contribution is 5.52. The standard InChI is InChI=1S/C13H14N4/c1-9-5-12(10-3-2-4-10)17-13(16-9)11-6-14-8-15-7-11/h5-8,10H,2-4H2,1H3. The predicted molar refractivity (Wildman–Crippen MR) is 64.4 cm³/mol. The summed E-state index contributed by atoms with van der Waals surface area (Å²) in [7, 11) is 0. The van der Waals surface area contributed by atoms with E-state index < -0.39 is 0 Å². The van der Waals surface area contributed by atoms with Crippen molar-refractivity contribution in [3.63, 3.8) is 0 Å². The number of aryl methyl sites for hydroxylation is 1. The largest absolute Gasteiger partial charge is 0.244 e. The van der Waals surface area contributed by atoms with E-state index in [0.717, 1.165) is 17.1 Å². The van der Waals surface area contributed by atoms with Gasteiger partial charge in [0, 0.05) is 29.7 Å². The molecule has 17 heavy (non-hydrogen) atoms. The van der Waals surface area contributed by atoms with Gasteiger partial charge in [-0.15, -0.1) is 0 Å². The van der Waals surface area contributed by atoms with E-state index in [-0.39, 0.29) is 0 Å². The Kier molecular flexibility index (Phi) is 2.55. The molecular weight excluding hydrogens is 212 g/mol. The Hall–Kier alpha value is -1.84. The monoisotopic (exact) mass is 226 g/mol. The van der Waals surface area contributed by atoms with Crippen molar-refractivity contribution in [2.45, 2.75) is 32.1 Å². The maximum absolute atomic E-state index is 4.63. The summed E-state index contributed by atoms with van der Waals surface area (Å²) in [4.78, 5) is 17.1. The van der Waals surface area contributed by atoms with Gasteiger partial charge in [-0.25, -0.2) is 19.9 Å². The van der Waals surface area contributed by atoms with Crippen molar-refractivity contribution >= 4 is 0 Å². The van der Waals surface area contributed by atoms with E-state index >= 15 is 0 Å². The molecule has 0 aliphatic heterocycles. The van der Waals surface area contributed by atoms with Crippen LogP contribution in [0.15, 0.2) is 24.8 Å². The molecule has 86 valence electrons. The first-order valence-electron chi connectivity index (χ1n) is 5.94. The van der Waals surface area contributed by atoms with Crippen molar-refractivity contribution in [1.82, 2.24) is 19.9 Å². The average Bonchev–Trinajstić information content (AvgIpc) is 2.27. The molecule has 0 spiro atoms. The molecule has 0 N–H and O–H groups in total. The van der Waals surface area contributed by atoms with Gasteiger partial charge in [0.1, 0.15) is 6.33 Å². The fraction of sp³-hybridized carbons (Fsp3) is 0.385. The van der Waals surface area contributed by atoms with Crippen molar-refractivity contribution in [2.24, 2.45) is 0 Å². The summed E-state index contributed by atoms with van der Waals surface area (Å²) in [5.74, 6) is 1.37. The first kappa shape index (κ1) is 10.3. The third-order valence-electron chi connectivity index (χ3n) is 3.22. The fourth-order valence-corrected chi connectivity index (χ4v) is 2.05. The molecular formula is C13H14N4. The van der Waals surface area contributed by atoms with E-state index in [9.17, 15) is 0 Å². The summed E-state index contributed by atoms with van der Waals surface area (Å²) in [6, 6.07) is 2.09.